The van der Waals surface area contributed by atoms with Crippen LogP contribution in [0.2, 0.25) is 0 Å². The van der Waals surface area contributed by atoms with Crippen LogP contribution in [-0.2, 0) is 0 Å². The number of hydrogen-bond donors (Lipinski definition) is 0. The van der Waals surface area contributed by atoms with E-state index in [9.17, 15) is 23.7 Å². The number of pyridine rings is 1. The Morgan fingerprint density at radius 1 is 0.449 bits per heavy atom. The van der Waals surface area contributed by atoms with Crippen LogP contribution in [-0.4, -0.2) is 15.0 Å². The summed E-state index contributed by atoms with van der Waals surface area (Å²) in [5.41, 5.74) is 7.76. The van der Waals surface area contributed by atoms with Gasteiger partial charge in [-0.25, -0.2) is 28.1 Å². The quantitative estimate of drug-likeness (QED) is 0.141. The largest absolute Gasteiger partial charge is 0.247 e. The molecule has 0 aliphatic carbocycles. The monoisotopic (exact) mass is 639 g/mol. The lowest BCUT2D eigenvalue weighted by molar-refractivity contribution is 0.448. The van der Waals surface area contributed by atoms with Crippen molar-refractivity contribution in [1.29, 1.82) is 10.5 Å². The molecule has 0 aliphatic rings. The Labute approximate surface area is 277 Å². The topological polar surface area (TPSA) is 86.2 Å². The maximum atomic E-state index is 14.2. The molecule has 0 amide bonds. The molecule has 0 saturated carbocycles. The summed E-state index contributed by atoms with van der Waals surface area (Å²) in [6.45, 7) is 0. The van der Waals surface area contributed by atoms with Crippen LogP contribution in [0.4, 0.5) is 13.2 Å². The summed E-state index contributed by atoms with van der Waals surface area (Å²) in [5, 5.41) is 21.2. The van der Waals surface area contributed by atoms with E-state index in [-0.39, 0.29) is 5.56 Å². The molecule has 0 fully saturated rings. The van der Waals surface area contributed by atoms with Crippen molar-refractivity contribution in [1.82, 2.24) is 15.0 Å². The SMILES string of the molecule is N#Cc1ccc(-c2nc3ccc4c(-c5cccc(-c6cc(F)c(F)c(F)c6)c5)nc5ccccc5c4c3nc2-c2ccc(C#N)cc2)cc1. The molecule has 2 aromatic heterocycles. The van der Waals surface area contributed by atoms with Crippen molar-refractivity contribution < 1.29 is 13.2 Å². The first-order chi connectivity index (χ1) is 23.9. The first-order valence-corrected chi connectivity index (χ1v) is 15.2. The molecule has 0 spiro atoms. The van der Waals surface area contributed by atoms with E-state index < -0.39 is 17.5 Å². The van der Waals surface area contributed by atoms with Gasteiger partial charge in [-0.2, -0.15) is 10.5 Å². The zero-order valence-electron chi connectivity index (χ0n) is 25.4. The molecule has 0 radical (unpaired) electrons. The molecule has 0 aliphatic heterocycles. The average molecular weight is 640 g/mol. The fourth-order valence-electron chi connectivity index (χ4n) is 6.15. The molecule has 5 nitrogen and oxygen atoms in total. The molecule has 49 heavy (non-hydrogen) atoms. The number of hydrogen-bond acceptors (Lipinski definition) is 5. The second-order valence-corrected chi connectivity index (χ2v) is 11.5. The van der Waals surface area contributed by atoms with Gasteiger partial charge in [0.15, 0.2) is 17.5 Å². The number of halogens is 3. The number of aromatic nitrogens is 3. The summed E-state index contributed by atoms with van der Waals surface area (Å²) in [6.07, 6.45) is 0. The molecule has 230 valence electrons. The molecule has 8 rings (SSSR count). The van der Waals surface area contributed by atoms with Crippen molar-refractivity contribution >= 4 is 32.7 Å². The Bertz CT molecular complexity index is 2690. The molecule has 0 unspecified atom stereocenters. The molecule has 0 saturated heterocycles. The van der Waals surface area contributed by atoms with Gasteiger partial charge in [-0.1, -0.05) is 60.7 Å². The van der Waals surface area contributed by atoms with Gasteiger partial charge in [-0.05, 0) is 71.8 Å². The lowest BCUT2D eigenvalue weighted by atomic mass is 9.95. The molecule has 2 heterocycles. The first kappa shape index (κ1) is 29.5. The maximum absolute atomic E-state index is 14.2. The van der Waals surface area contributed by atoms with E-state index in [4.69, 9.17) is 15.0 Å². The Kier molecular flexibility index (Phi) is 7.05. The van der Waals surface area contributed by atoms with Crippen molar-refractivity contribution in [2.75, 3.05) is 0 Å². The molecule has 0 bridgehead atoms. The Hall–Kier alpha value is -6.90. The summed E-state index contributed by atoms with van der Waals surface area (Å²) in [7, 11) is 0. The minimum atomic E-state index is -1.52. The van der Waals surface area contributed by atoms with Crippen LogP contribution < -0.4 is 0 Å². The third kappa shape index (κ3) is 5.09. The normalized spacial score (nSPS) is 11.1. The van der Waals surface area contributed by atoms with Crippen molar-refractivity contribution in [3.05, 3.63) is 150 Å². The number of benzene rings is 6. The van der Waals surface area contributed by atoms with Gasteiger partial charge in [0, 0.05) is 32.8 Å². The van der Waals surface area contributed by atoms with Crippen LogP contribution in [0.1, 0.15) is 11.1 Å². The van der Waals surface area contributed by atoms with Gasteiger partial charge in [0.2, 0.25) is 0 Å². The number of nitrogens with zero attached hydrogens (tertiary/aromatic N) is 5. The van der Waals surface area contributed by atoms with Crippen molar-refractivity contribution in [3.8, 4) is 57.0 Å². The Morgan fingerprint density at radius 2 is 1.04 bits per heavy atom. The summed E-state index contributed by atoms with van der Waals surface area (Å²) in [5.74, 6) is -4.05. The maximum Gasteiger partial charge on any atom is 0.194 e. The minimum absolute atomic E-state index is 0.196. The van der Waals surface area contributed by atoms with Gasteiger partial charge in [-0.15, -0.1) is 0 Å². The van der Waals surface area contributed by atoms with E-state index in [1.54, 1.807) is 42.5 Å². The van der Waals surface area contributed by atoms with Crippen LogP contribution in [0.5, 0.6) is 0 Å². The summed E-state index contributed by atoms with van der Waals surface area (Å²) < 4.78 is 42.1. The highest BCUT2D eigenvalue weighted by Gasteiger charge is 2.20. The highest BCUT2D eigenvalue weighted by Crippen LogP contribution is 2.39. The molecule has 0 N–H and O–H groups in total. The fraction of sp³-hybridized carbons (Fsp3) is 0. The van der Waals surface area contributed by atoms with Gasteiger partial charge in [-0.3, -0.25) is 0 Å². The molecule has 8 aromatic rings. The van der Waals surface area contributed by atoms with E-state index in [0.717, 1.165) is 39.4 Å². The van der Waals surface area contributed by atoms with Crippen LogP contribution in [0, 0.1) is 40.1 Å². The zero-order chi connectivity index (χ0) is 33.6. The van der Waals surface area contributed by atoms with Gasteiger partial charge < -0.3 is 0 Å². The van der Waals surface area contributed by atoms with E-state index in [1.807, 2.05) is 66.7 Å². The second kappa shape index (κ2) is 11.7. The average Bonchev–Trinajstić information content (AvgIpc) is 3.15. The van der Waals surface area contributed by atoms with E-state index in [0.29, 0.717) is 55.9 Å². The zero-order valence-corrected chi connectivity index (χ0v) is 25.4. The number of para-hydroxylation sites is 1. The summed E-state index contributed by atoms with van der Waals surface area (Å²) in [6, 6.07) is 39.2. The van der Waals surface area contributed by atoms with Crippen molar-refractivity contribution in [3.63, 3.8) is 0 Å². The van der Waals surface area contributed by atoms with Crippen LogP contribution in [0.3, 0.4) is 0 Å². The van der Waals surface area contributed by atoms with Gasteiger partial charge >= 0.3 is 0 Å². The fourth-order valence-corrected chi connectivity index (χ4v) is 6.15. The molecular formula is C41H20F3N5. The lowest BCUT2D eigenvalue weighted by Gasteiger charge is -2.15. The Balaban J connectivity index is 1.41. The third-order valence-corrected chi connectivity index (χ3v) is 8.53. The first-order valence-electron chi connectivity index (χ1n) is 15.2. The standard InChI is InChI=1S/C41H20F3N5/c42-32-19-29(20-33(43)37(32)44)27-4-3-5-28(18-27)38-31-16-17-35-41(36(31)30-6-1-2-7-34(30)47-38)49-40(26-14-10-24(22-46)11-15-26)39(48-35)25-12-8-23(21-45)9-13-25/h1-20H. The van der Waals surface area contributed by atoms with Crippen molar-refractivity contribution in [2.24, 2.45) is 0 Å². The van der Waals surface area contributed by atoms with E-state index in [1.165, 1.54) is 0 Å². The molecule has 6 aromatic carbocycles. The number of rotatable bonds is 4. The van der Waals surface area contributed by atoms with Crippen LogP contribution in [0.25, 0.3) is 77.6 Å². The van der Waals surface area contributed by atoms with Crippen LogP contribution in [0.15, 0.2) is 121 Å². The number of fused-ring (bicyclic) bond motifs is 5. The predicted octanol–water partition coefficient (Wildman–Crippen LogP) is 10.2. The Morgan fingerprint density at radius 3 is 1.69 bits per heavy atom. The number of nitriles is 2. The molecule has 0 atom stereocenters. The second-order valence-electron chi connectivity index (χ2n) is 11.5. The molecule has 8 heteroatoms. The molecular weight excluding hydrogens is 619 g/mol. The van der Waals surface area contributed by atoms with Gasteiger partial charge in [0.05, 0.1) is 56.9 Å². The van der Waals surface area contributed by atoms with Crippen LogP contribution >= 0.6 is 0 Å². The minimum Gasteiger partial charge on any atom is -0.247 e. The highest BCUT2D eigenvalue weighted by molar-refractivity contribution is 6.21. The van der Waals surface area contributed by atoms with Gasteiger partial charge in [0.25, 0.3) is 0 Å². The highest BCUT2D eigenvalue weighted by atomic mass is 19.2. The van der Waals surface area contributed by atoms with E-state index >= 15 is 0 Å². The summed E-state index contributed by atoms with van der Waals surface area (Å²) in [4.78, 5) is 15.4. The predicted molar refractivity (Wildman–Crippen MR) is 183 cm³/mol. The summed E-state index contributed by atoms with van der Waals surface area (Å²) >= 11 is 0. The van der Waals surface area contributed by atoms with Crippen molar-refractivity contribution in [2.45, 2.75) is 0 Å². The third-order valence-electron chi connectivity index (χ3n) is 8.53. The smallest absolute Gasteiger partial charge is 0.194 e. The lowest BCUT2D eigenvalue weighted by Crippen LogP contribution is -1.98. The van der Waals surface area contributed by atoms with E-state index in [2.05, 4.69) is 12.1 Å². The van der Waals surface area contributed by atoms with Gasteiger partial charge in [0.1, 0.15) is 0 Å².